The van der Waals surface area contributed by atoms with Crippen LogP contribution in [-0.2, 0) is 16.1 Å². The van der Waals surface area contributed by atoms with Gasteiger partial charge in [0.05, 0.1) is 12.7 Å². The van der Waals surface area contributed by atoms with Gasteiger partial charge in [0.1, 0.15) is 0 Å². The van der Waals surface area contributed by atoms with E-state index in [1.54, 1.807) is 7.11 Å². The van der Waals surface area contributed by atoms with Gasteiger partial charge in [-0.3, -0.25) is 4.99 Å². The standard InChI is InChI=1S/C17H27N3O2/c1-21-13-14-7-2-5-10-16(14)20-17(18)19-11-6-12-22-15-8-3-4-9-15/h2,5,7,10,15H,3-4,6,8-9,11-13H2,1H3,(H3,18,19,20). The van der Waals surface area contributed by atoms with Crippen LogP contribution in [-0.4, -0.2) is 32.3 Å². The topological polar surface area (TPSA) is 68.9 Å². The summed E-state index contributed by atoms with van der Waals surface area (Å²) in [6, 6.07) is 7.92. The quantitative estimate of drug-likeness (QED) is 0.440. The molecule has 1 saturated carbocycles. The van der Waals surface area contributed by atoms with Gasteiger partial charge in [0, 0.05) is 31.5 Å². The molecule has 0 unspecified atom stereocenters. The summed E-state index contributed by atoms with van der Waals surface area (Å²) < 4.78 is 11.0. The van der Waals surface area contributed by atoms with Gasteiger partial charge < -0.3 is 20.5 Å². The molecule has 1 aliphatic carbocycles. The number of nitrogens with zero attached hydrogens (tertiary/aromatic N) is 1. The van der Waals surface area contributed by atoms with E-state index in [-0.39, 0.29) is 0 Å². The Bertz CT molecular complexity index is 471. The minimum Gasteiger partial charge on any atom is -0.380 e. The van der Waals surface area contributed by atoms with Crippen LogP contribution in [0.1, 0.15) is 37.7 Å². The highest BCUT2D eigenvalue weighted by Crippen LogP contribution is 2.20. The molecule has 1 aromatic carbocycles. The molecule has 0 spiro atoms. The summed E-state index contributed by atoms with van der Waals surface area (Å²) in [5.41, 5.74) is 7.93. The minimum absolute atomic E-state index is 0.435. The number of methoxy groups -OCH3 is 1. The molecular weight excluding hydrogens is 278 g/mol. The predicted octanol–water partition coefficient (Wildman–Crippen LogP) is 2.91. The van der Waals surface area contributed by atoms with Crippen molar-refractivity contribution in [1.82, 2.24) is 0 Å². The molecule has 5 nitrogen and oxygen atoms in total. The van der Waals surface area contributed by atoms with E-state index in [2.05, 4.69) is 10.3 Å². The van der Waals surface area contributed by atoms with E-state index in [1.165, 1.54) is 25.7 Å². The van der Waals surface area contributed by atoms with Gasteiger partial charge in [0.2, 0.25) is 0 Å². The zero-order valence-corrected chi connectivity index (χ0v) is 13.4. The van der Waals surface area contributed by atoms with Crippen molar-refractivity contribution in [2.45, 2.75) is 44.8 Å². The number of hydrogen-bond acceptors (Lipinski definition) is 3. The summed E-state index contributed by atoms with van der Waals surface area (Å²) in [6.07, 6.45) is 6.41. The summed E-state index contributed by atoms with van der Waals surface area (Å²) >= 11 is 0. The lowest BCUT2D eigenvalue weighted by Crippen LogP contribution is -2.23. The summed E-state index contributed by atoms with van der Waals surface area (Å²) in [5, 5.41) is 3.13. The molecular formula is C17H27N3O2. The van der Waals surface area contributed by atoms with Crippen molar-refractivity contribution in [2.75, 3.05) is 25.6 Å². The van der Waals surface area contributed by atoms with Gasteiger partial charge in [0.25, 0.3) is 0 Å². The summed E-state index contributed by atoms with van der Waals surface area (Å²) in [5.74, 6) is 0.435. The van der Waals surface area contributed by atoms with E-state index in [9.17, 15) is 0 Å². The van der Waals surface area contributed by atoms with E-state index >= 15 is 0 Å². The van der Waals surface area contributed by atoms with Gasteiger partial charge in [-0.25, -0.2) is 0 Å². The van der Waals surface area contributed by atoms with E-state index in [0.717, 1.165) is 24.3 Å². The lowest BCUT2D eigenvalue weighted by Gasteiger charge is -2.11. The van der Waals surface area contributed by atoms with Gasteiger partial charge in [-0.15, -0.1) is 0 Å². The van der Waals surface area contributed by atoms with Crippen LogP contribution in [0, 0.1) is 0 Å². The van der Waals surface area contributed by atoms with Crippen molar-refractivity contribution in [1.29, 1.82) is 0 Å². The molecule has 1 aliphatic rings. The van der Waals surface area contributed by atoms with Crippen LogP contribution in [0.2, 0.25) is 0 Å². The van der Waals surface area contributed by atoms with Crippen LogP contribution in [0.4, 0.5) is 5.69 Å². The highest BCUT2D eigenvalue weighted by atomic mass is 16.5. The Balaban J connectivity index is 1.70. The first-order chi connectivity index (χ1) is 10.8. The van der Waals surface area contributed by atoms with E-state index in [1.807, 2.05) is 24.3 Å². The summed E-state index contributed by atoms with van der Waals surface area (Å²) in [7, 11) is 1.68. The Labute approximate surface area is 132 Å². The Kier molecular flexibility index (Phi) is 7.19. The number of aliphatic imine (C=N–C) groups is 1. The average Bonchev–Trinajstić information content (AvgIpc) is 3.02. The van der Waals surface area contributed by atoms with Crippen LogP contribution in [0.25, 0.3) is 0 Å². The molecule has 1 aromatic rings. The fraction of sp³-hybridized carbons (Fsp3) is 0.588. The molecule has 0 atom stereocenters. The van der Waals surface area contributed by atoms with Crippen LogP contribution >= 0.6 is 0 Å². The largest absolute Gasteiger partial charge is 0.380 e. The SMILES string of the molecule is COCc1ccccc1NC(N)=NCCCOC1CCCC1. The summed E-state index contributed by atoms with van der Waals surface area (Å²) in [4.78, 5) is 4.35. The zero-order valence-electron chi connectivity index (χ0n) is 13.4. The van der Waals surface area contributed by atoms with Crippen molar-refractivity contribution >= 4 is 11.6 Å². The van der Waals surface area contributed by atoms with Gasteiger partial charge in [-0.1, -0.05) is 31.0 Å². The van der Waals surface area contributed by atoms with Crippen molar-refractivity contribution in [3.05, 3.63) is 29.8 Å². The van der Waals surface area contributed by atoms with Gasteiger partial charge in [0.15, 0.2) is 5.96 Å². The number of nitrogens with two attached hydrogens (primary N) is 1. The maximum absolute atomic E-state index is 5.93. The number of anilines is 1. The van der Waals surface area contributed by atoms with E-state index in [0.29, 0.717) is 25.2 Å². The fourth-order valence-electron chi connectivity index (χ4n) is 2.67. The molecule has 0 bridgehead atoms. The molecule has 0 aromatic heterocycles. The zero-order chi connectivity index (χ0) is 15.6. The van der Waals surface area contributed by atoms with Crippen molar-refractivity contribution in [2.24, 2.45) is 10.7 Å². The molecule has 5 heteroatoms. The molecule has 3 N–H and O–H groups in total. The van der Waals surface area contributed by atoms with Crippen LogP contribution in [0.3, 0.4) is 0 Å². The predicted molar refractivity (Wildman–Crippen MR) is 90.1 cm³/mol. The number of para-hydroxylation sites is 1. The Hall–Kier alpha value is -1.59. The maximum Gasteiger partial charge on any atom is 0.193 e. The van der Waals surface area contributed by atoms with E-state index < -0.39 is 0 Å². The highest BCUT2D eigenvalue weighted by Gasteiger charge is 2.14. The highest BCUT2D eigenvalue weighted by molar-refractivity contribution is 5.92. The Morgan fingerprint density at radius 1 is 1.32 bits per heavy atom. The molecule has 122 valence electrons. The molecule has 0 radical (unpaired) electrons. The molecule has 2 rings (SSSR count). The average molecular weight is 305 g/mol. The lowest BCUT2D eigenvalue weighted by atomic mass is 10.2. The number of benzene rings is 1. The third-order valence-corrected chi connectivity index (χ3v) is 3.82. The fourth-order valence-corrected chi connectivity index (χ4v) is 2.67. The first-order valence-corrected chi connectivity index (χ1v) is 8.05. The number of hydrogen-bond donors (Lipinski definition) is 2. The van der Waals surface area contributed by atoms with Gasteiger partial charge >= 0.3 is 0 Å². The second-order valence-corrected chi connectivity index (χ2v) is 5.61. The first-order valence-electron chi connectivity index (χ1n) is 8.05. The smallest absolute Gasteiger partial charge is 0.193 e. The Morgan fingerprint density at radius 3 is 2.86 bits per heavy atom. The summed E-state index contributed by atoms with van der Waals surface area (Å²) in [6.45, 7) is 1.99. The number of rotatable bonds is 8. The normalized spacial score (nSPS) is 16.1. The number of ether oxygens (including phenoxy) is 2. The number of nitrogens with one attached hydrogen (secondary N) is 1. The lowest BCUT2D eigenvalue weighted by molar-refractivity contribution is 0.0579. The second-order valence-electron chi connectivity index (χ2n) is 5.61. The maximum atomic E-state index is 5.93. The molecule has 0 amide bonds. The minimum atomic E-state index is 0.435. The van der Waals surface area contributed by atoms with Gasteiger partial charge in [-0.2, -0.15) is 0 Å². The van der Waals surface area contributed by atoms with Gasteiger partial charge in [-0.05, 0) is 25.3 Å². The van der Waals surface area contributed by atoms with Crippen molar-refractivity contribution < 1.29 is 9.47 Å². The second kappa shape index (κ2) is 9.43. The number of guanidine groups is 1. The monoisotopic (exact) mass is 305 g/mol. The Morgan fingerprint density at radius 2 is 2.09 bits per heavy atom. The van der Waals surface area contributed by atoms with Crippen LogP contribution < -0.4 is 11.1 Å². The van der Waals surface area contributed by atoms with Crippen LogP contribution in [0.15, 0.2) is 29.3 Å². The first kappa shape index (κ1) is 16.8. The molecule has 22 heavy (non-hydrogen) atoms. The molecule has 0 aliphatic heterocycles. The van der Waals surface area contributed by atoms with Crippen LogP contribution in [0.5, 0.6) is 0 Å². The molecule has 0 saturated heterocycles. The molecule has 1 fully saturated rings. The third-order valence-electron chi connectivity index (χ3n) is 3.82. The van der Waals surface area contributed by atoms with E-state index in [4.69, 9.17) is 15.2 Å². The third kappa shape index (κ3) is 5.66. The molecule has 0 heterocycles. The van der Waals surface area contributed by atoms with Crippen molar-refractivity contribution in [3.8, 4) is 0 Å². The van der Waals surface area contributed by atoms with Crippen molar-refractivity contribution in [3.63, 3.8) is 0 Å².